The smallest absolute Gasteiger partial charge is 0.146 e. The molecule has 130 valence electrons. The number of fused-ring (bicyclic) bond motifs is 1. The lowest BCUT2D eigenvalue weighted by Gasteiger charge is -2.14. The summed E-state index contributed by atoms with van der Waals surface area (Å²) in [4.78, 5) is 8.93. The van der Waals surface area contributed by atoms with Crippen LogP contribution in [0, 0.1) is 6.92 Å². The monoisotopic (exact) mass is 355 g/mol. The SMILES string of the molecule is Cc1ccc(CSc2ncnc3c2ccn3C2CCC(CO)O2)cc1. The van der Waals surface area contributed by atoms with E-state index in [0.717, 1.165) is 34.7 Å². The van der Waals surface area contributed by atoms with Crippen molar-refractivity contribution in [3.05, 3.63) is 54.0 Å². The Balaban J connectivity index is 1.55. The van der Waals surface area contributed by atoms with E-state index in [4.69, 9.17) is 4.74 Å². The third kappa shape index (κ3) is 3.42. The summed E-state index contributed by atoms with van der Waals surface area (Å²) in [5, 5.41) is 11.3. The van der Waals surface area contributed by atoms with Crippen LogP contribution in [0.2, 0.25) is 0 Å². The van der Waals surface area contributed by atoms with Crippen LogP contribution < -0.4 is 0 Å². The van der Waals surface area contributed by atoms with E-state index in [0.29, 0.717) is 0 Å². The summed E-state index contributed by atoms with van der Waals surface area (Å²) >= 11 is 1.72. The first kappa shape index (κ1) is 16.6. The van der Waals surface area contributed by atoms with Crippen molar-refractivity contribution in [3.8, 4) is 0 Å². The zero-order valence-corrected chi connectivity index (χ0v) is 14.9. The van der Waals surface area contributed by atoms with Crippen molar-refractivity contribution < 1.29 is 9.84 Å². The molecule has 0 aliphatic carbocycles. The van der Waals surface area contributed by atoms with Crippen LogP contribution in [0.25, 0.3) is 11.0 Å². The van der Waals surface area contributed by atoms with Crippen LogP contribution in [0.4, 0.5) is 0 Å². The zero-order valence-electron chi connectivity index (χ0n) is 14.1. The first-order chi connectivity index (χ1) is 12.2. The normalized spacial score (nSPS) is 20.4. The van der Waals surface area contributed by atoms with Gasteiger partial charge in [0.2, 0.25) is 0 Å². The molecule has 0 bridgehead atoms. The van der Waals surface area contributed by atoms with Gasteiger partial charge in [-0.25, -0.2) is 9.97 Å². The Hall–Kier alpha value is -1.89. The lowest BCUT2D eigenvalue weighted by atomic mass is 10.2. The number of hydrogen-bond donors (Lipinski definition) is 1. The average molecular weight is 355 g/mol. The van der Waals surface area contributed by atoms with Crippen molar-refractivity contribution in [1.82, 2.24) is 14.5 Å². The Bertz CT molecular complexity index is 863. The summed E-state index contributed by atoms with van der Waals surface area (Å²) in [5.74, 6) is 0.879. The number of hydrogen-bond acceptors (Lipinski definition) is 5. The van der Waals surface area contributed by atoms with Crippen molar-refractivity contribution in [1.29, 1.82) is 0 Å². The Labute approximate surface area is 151 Å². The number of rotatable bonds is 5. The minimum Gasteiger partial charge on any atom is -0.394 e. The maximum Gasteiger partial charge on any atom is 0.146 e. The van der Waals surface area contributed by atoms with Gasteiger partial charge in [-0.05, 0) is 31.4 Å². The van der Waals surface area contributed by atoms with Crippen LogP contribution in [0.3, 0.4) is 0 Å². The molecule has 0 radical (unpaired) electrons. The van der Waals surface area contributed by atoms with Crippen LogP contribution in [-0.2, 0) is 10.5 Å². The summed E-state index contributed by atoms with van der Waals surface area (Å²) in [6.07, 6.45) is 5.28. The maximum atomic E-state index is 9.27. The third-order valence-corrected chi connectivity index (χ3v) is 5.64. The fraction of sp³-hybridized carbons (Fsp3) is 0.368. The molecule has 2 atom stereocenters. The Morgan fingerprint density at radius 2 is 2.04 bits per heavy atom. The van der Waals surface area contributed by atoms with E-state index in [1.165, 1.54) is 11.1 Å². The molecule has 4 rings (SSSR count). The number of ether oxygens (including phenoxy) is 1. The molecule has 2 unspecified atom stereocenters. The van der Waals surface area contributed by atoms with Crippen LogP contribution >= 0.6 is 11.8 Å². The molecule has 1 fully saturated rings. The lowest BCUT2D eigenvalue weighted by Crippen LogP contribution is -2.14. The molecule has 0 saturated carbocycles. The van der Waals surface area contributed by atoms with Crippen LogP contribution in [-0.4, -0.2) is 32.4 Å². The number of aliphatic hydroxyl groups excluding tert-OH is 1. The second-order valence-electron chi connectivity index (χ2n) is 6.39. The number of aliphatic hydroxyl groups is 1. The summed E-state index contributed by atoms with van der Waals surface area (Å²) in [6, 6.07) is 10.6. The van der Waals surface area contributed by atoms with Gasteiger partial charge in [0, 0.05) is 11.9 Å². The van der Waals surface area contributed by atoms with Gasteiger partial charge >= 0.3 is 0 Å². The van der Waals surface area contributed by atoms with Gasteiger partial charge in [-0.1, -0.05) is 29.8 Å². The molecule has 5 nitrogen and oxygen atoms in total. The summed E-state index contributed by atoms with van der Waals surface area (Å²) in [7, 11) is 0. The van der Waals surface area contributed by atoms with E-state index >= 15 is 0 Å². The van der Waals surface area contributed by atoms with E-state index < -0.39 is 0 Å². The third-order valence-electron chi connectivity index (χ3n) is 4.57. The molecular formula is C19H21N3O2S. The fourth-order valence-corrected chi connectivity index (χ4v) is 4.09. The van der Waals surface area contributed by atoms with E-state index in [1.807, 2.05) is 6.20 Å². The molecule has 0 spiro atoms. The highest BCUT2D eigenvalue weighted by molar-refractivity contribution is 7.98. The lowest BCUT2D eigenvalue weighted by molar-refractivity contribution is -0.0204. The molecule has 1 N–H and O–H groups in total. The van der Waals surface area contributed by atoms with Gasteiger partial charge in [-0.2, -0.15) is 0 Å². The van der Waals surface area contributed by atoms with Gasteiger partial charge in [0.25, 0.3) is 0 Å². The van der Waals surface area contributed by atoms with Crippen molar-refractivity contribution in [2.45, 2.75) is 42.9 Å². The quantitative estimate of drug-likeness (QED) is 0.558. The first-order valence-corrected chi connectivity index (χ1v) is 9.49. The molecule has 1 aliphatic heterocycles. The van der Waals surface area contributed by atoms with Gasteiger partial charge in [0.1, 0.15) is 23.2 Å². The van der Waals surface area contributed by atoms with E-state index in [9.17, 15) is 5.11 Å². The second kappa shape index (κ2) is 7.15. The highest BCUT2D eigenvalue weighted by Crippen LogP contribution is 2.33. The van der Waals surface area contributed by atoms with Crippen LogP contribution in [0.1, 0.15) is 30.2 Å². The number of thioether (sulfide) groups is 1. The fourth-order valence-electron chi connectivity index (χ4n) is 3.16. The Morgan fingerprint density at radius 3 is 2.80 bits per heavy atom. The number of aromatic nitrogens is 3. The van der Waals surface area contributed by atoms with Crippen molar-refractivity contribution in [3.63, 3.8) is 0 Å². The summed E-state index contributed by atoms with van der Waals surface area (Å²) in [6.45, 7) is 2.17. The predicted octanol–water partition coefficient (Wildman–Crippen LogP) is 3.70. The molecule has 1 saturated heterocycles. The van der Waals surface area contributed by atoms with Crippen molar-refractivity contribution in [2.24, 2.45) is 0 Å². The minimum atomic E-state index is -0.0698. The number of nitrogens with zero attached hydrogens (tertiary/aromatic N) is 3. The second-order valence-corrected chi connectivity index (χ2v) is 7.35. The number of aryl methyl sites for hydroxylation is 1. The van der Waals surface area contributed by atoms with Gasteiger partial charge in [-0.15, -0.1) is 11.8 Å². The molecule has 3 aromatic rings. The van der Waals surface area contributed by atoms with Crippen molar-refractivity contribution >= 4 is 22.8 Å². The molecule has 25 heavy (non-hydrogen) atoms. The maximum absolute atomic E-state index is 9.27. The largest absolute Gasteiger partial charge is 0.394 e. The highest BCUT2D eigenvalue weighted by atomic mass is 32.2. The van der Waals surface area contributed by atoms with Gasteiger partial charge in [-0.3, -0.25) is 0 Å². The van der Waals surface area contributed by atoms with Crippen molar-refractivity contribution in [2.75, 3.05) is 6.61 Å². The molecule has 0 amide bonds. The van der Waals surface area contributed by atoms with E-state index in [-0.39, 0.29) is 18.9 Å². The molecular weight excluding hydrogens is 334 g/mol. The molecule has 1 aromatic carbocycles. The highest BCUT2D eigenvalue weighted by Gasteiger charge is 2.27. The van der Waals surface area contributed by atoms with Gasteiger partial charge in [0.15, 0.2) is 0 Å². The molecule has 3 heterocycles. The molecule has 6 heteroatoms. The Morgan fingerprint density at radius 1 is 1.20 bits per heavy atom. The van der Waals surface area contributed by atoms with Gasteiger partial charge < -0.3 is 14.4 Å². The topological polar surface area (TPSA) is 60.2 Å². The van der Waals surface area contributed by atoms with E-state index in [2.05, 4.69) is 51.8 Å². The average Bonchev–Trinajstić information content (AvgIpc) is 3.27. The van der Waals surface area contributed by atoms with Gasteiger partial charge in [0.05, 0.1) is 18.1 Å². The standard InChI is InChI=1S/C19H21N3O2S/c1-13-2-4-14(5-3-13)11-25-19-16-8-9-22(18(16)20-12-21-19)17-7-6-15(10-23)24-17/h2-5,8-9,12,15,17,23H,6-7,10-11H2,1H3. The predicted molar refractivity (Wildman–Crippen MR) is 98.5 cm³/mol. The molecule has 1 aliphatic rings. The minimum absolute atomic E-state index is 0.0560. The molecule has 2 aromatic heterocycles. The number of benzene rings is 1. The summed E-state index contributed by atoms with van der Waals surface area (Å²) in [5.41, 5.74) is 3.45. The van der Waals surface area contributed by atoms with E-state index in [1.54, 1.807) is 18.1 Å². The zero-order chi connectivity index (χ0) is 17.2. The first-order valence-electron chi connectivity index (χ1n) is 8.51. The summed E-state index contributed by atoms with van der Waals surface area (Å²) < 4.78 is 7.95. The van der Waals surface area contributed by atoms with Crippen LogP contribution in [0.15, 0.2) is 47.9 Å². The van der Waals surface area contributed by atoms with Crippen LogP contribution in [0.5, 0.6) is 0 Å². The Kier molecular flexibility index (Phi) is 4.74.